The van der Waals surface area contributed by atoms with E-state index in [-0.39, 0.29) is 0 Å². The van der Waals surface area contributed by atoms with E-state index in [4.69, 9.17) is 5.11 Å². The summed E-state index contributed by atoms with van der Waals surface area (Å²) in [5.41, 5.74) is 1.19. The lowest BCUT2D eigenvalue weighted by atomic mass is 10.2. The number of pyridine rings is 1. The lowest BCUT2D eigenvalue weighted by Gasteiger charge is -2.13. The Bertz CT molecular complexity index is 373. The number of nitrogens with zero attached hydrogens (tertiary/aromatic N) is 2. The number of aromatic nitrogens is 1. The second-order valence-electron chi connectivity index (χ2n) is 4.14. The van der Waals surface area contributed by atoms with E-state index < -0.39 is 5.97 Å². The van der Waals surface area contributed by atoms with Crippen molar-refractivity contribution in [3.05, 3.63) is 29.6 Å². The monoisotopic (exact) mass is 220 g/mol. The minimum Gasteiger partial charge on any atom is -0.478 e. The Morgan fingerprint density at radius 3 is 2.88 bits per heavy atom. The fourth-order valence-corrected chi connectivity index (χ4v) is 2.03. The summed E-state index contributed by atoms with van der Waals surface area (Å²) in [6.45, 7) is 3.31. The molecule has 0 bridgehead atoms. The lowest BCUT2D eigenvalue weighted by Crippen LogP contribution is -2.22. The molecule has 1 saturated heterocycles. The van der Waals surface area contributed by atoms with Gasteiger partial charge in [-0.2, -0.15) is 0 Å². The van der Waals surface area contributed by atoms with E-state index in [9.17, 15) is 4.79 Å². The van der Waals surface area contributed by atoms with Crippen molar-refractivity contribution in [2.75, 3.05) is 19.6 Å². The number of likely N-dealkylation sites (tertiary alicyclic amines) is 1. The predicted octanol–water partition coefficient (Wildman–Crippen LogP) is 1.42. The maximum atomic E-state index is 10.8. The highest BCUT2D eigenvalue weighted by molar-refractivity contribution is 5.87. The Kier molecular flexibility index (Phi) is 3.51. The van der Waals surface area contributed by atoms with Crippen molar-refractivity contribution in [2.24, 2.45) is 0 Å². The van der Waals surface area contributed by atoms with Gasteiger partial charge >= 0.3 is 5.97 Å². The summed E-state index contributed by atoms with van der Waals surface area (Å²) in [6, 6.07) is 3.19. The molecule has 1 aliphatic heterocycles. The molecule has 2 heterocycles. The first-order valence-corrected chi connectivity index (χ1v) is 5.66. The third-order valence-electron chi connectivity index (χ3n) is 2.95. The molecule has 1 aromatic rings. The van der Waals surface area contributed by atoms with Gasteiger partial charge in [-0.3, -0.25) is 4.98 Å². The Balaban J connectivity index is 1.93. The molecule has 0 radical (unpaired) electrons. The maximum absolute atomic E-state index is 10.8. The average Bonchev–Trinajstić information content (AvgIpc) is 2.79. The van der Waals surface area contributed by atoms with Crippen LogP contribution in [-0.2, 0) is 6.42 Å². The number of hydrogen-bond donors (Lipinski definition) is 1. The smallest absolute Gasteiger partial charge is 0.335 e. The first-order valence-electron chi connectivity index (χ1n) is 5.66. The molecule has 4 nitrogen and oxygen atoms in total. The summed E-state index contributed by atoms with van der Waals surface area (Å²) >= 11 is 0. The first kappa shape index (κ1) is 11.1. The zero-order valence-corrected chi connectivity index (χ0v) is 9.22. The van der Waals surface area contributed by atoms with Crippen LogP contribution in [0.1, 0.15) is 28.9 Å². The summed E-state index contributed by atoms with van der Waals surface area (Å²) < 4.78 is 0. The highest BCUT2D eigenvalue weighted by atomic mass is 16.4. The van der Waals surface area contributed by atoms with E-state index >= 15 is 0 Å². The second-order valence-corrected chi connectivity index (χ2v) is 4.14. The van der Waals surface area contributed by atoms with Crippen molar-refractivity contribution >= 4 is 5.97 Å². The highest BCUT2D eigenvalue weighted by Gasteiger charge is 2.11. The Morgan fingerprint density at radius 2 is 2.19 bits per heavy atom. The van der Waals surface area contributed by atoms with Gasteiger partial charge in [0, 0.05) is 24.9 Å². The quantitative estimate of drug-likeness (QED) is 0.833. The van der Waals surface area contributed by atoms with Crippen LogP contribution in [0.3, 0.4) is 0 Å². The van der Waals surface area contributed by atoms with Crippen LogP contribution in [0, 0.1) is 0 Å². The normalized spacial score (nSPS) is 16.5. The number of aromatic carboxylic acids is 1. The molecule has 0 amide bonds. The standard InChI is InChI=1S/C12H16N2O2/c15-12(16)10-3-5-13-11(9-10)4-8-14-6-1-2-7-14/h3,5,9H,1-2,4,6-8H2,(H,15,16). The lowest BCUT2D eigenvalue weighted by molar-refractivity contribution is 0.0696. The van der Waals surface area contributed by atoms with Gasteiger partial charge in [0.05, 0.1) is 5.56 Å². The zero-order chi connectivity index (χ0) is 11.4. The topological polar surface area (TPSA) is 53.4 Å². The molecular formula is C12H16N2O2. The van der Waals surface area contributed by atoms with Crippen molar-refractivity contribution in [3.8, 4) is 0 Å². The van der Waals surface area contributed by atoms with Crippen molar-refractivity contribution in [1.82, 2.24) is 9.88 Å². The van der Waals surface area contributed by atoms with Gasteiger partial charge in [-0.1, -0.05) is 0 Å². The molecule has 0 spiro atoms. The molecule has 0 saturated carbocycles. The van der Waals surface area contributed by atoms with Crippen LogP contribution >= 0.6 is 0 Å². The third kappa shape index (κ3) is 2.79. The maximum Gasteiger partial charge on any atom is 0.335 e. The number of hydrogen-bond acceptors (Lipinski definition) is 3. The molecule has 0 unspecified atom stereocenters. The zero-order valence-electron chi connectivity index (χ0n) is 9.22. The van der Waals surface area contributed by atoms with Gasteiger partial charge in [0.15, 0.2) is 0 Å². The van der Waals surface area contributed by atoms with Gasteiger partial charge in [-0.25, -0.2) is 4.79 Å². The molecule has 0 aliphatic carbocycles. The van der Waals surface area contributed by atoms with Crippen LogP contribution in [0.15, 0.2) is 18.3 Å². The second kappa shape index (κ2) is 5.07. The largest absolute Gasteiger partial charge is 0.478 e. The summed E-state index contributed by atoms with van der Waals surface area (Å²) in [5.74, 6) is -0.884. The van der Waals surface area contributed by atoms with E-state index in [1.54, 1.807) is 12.3 Å². The van der Waals surface area contributed by atoms with Gasteiger partial charge in [0.25, 0.3) is 0 Å². The fraction of sp³-hybridized carbons (Fsp3) is 0.500. The van der Waals surface area contributed by atoms with Crippen LogP contribution in [0.2, 0.25) is 0 Å². The minimum atomic E-state index is -0.884. The molecule has 1 N–H and O–H groups in total. The van der Waals surface area contributed by atoms with E-state index in [0.717, 1.165) is 18.7 Å². The first-order chi connectivity index (χ1) is 7.75. The molecule has 1 aliphatic rings. The van der Waals surface area contributed by atoms with Gasteiger partial charge in [0.2, 0.25) is 0 Å². The molecule has 1 fully saturated rings. The molecule has 1 aromatic heterocycles. The van der Waals surface area contributed by atoms with Crippen molar-refractivity contribution in [2.45, 2.75) is 19.3 Å². The number of carbonyl (C=O) groups is 1. The van der Waals surface area contributed by atoms with E-state index in [2.05, 4.69) is 9.88 Å². The van der Waals surface area contributed by atoms with E-state index in [0.29, 0.717) is 5.56 Å². The van der Waals surface area contributed by atoms with Gasteiger partial charge in [0.1, 0.15) is 0 Å². The van der Waals surface area contributed by atoms with Crippen LogP contribution < -0.4 is 0 Å². The number of carboxylic acid groups (broad SMARTS) is 1. The minimum absolute atomic E-state index is 0.325. The summed E-state index contributed by atoms with van der Waals surface area (Å²) in [6.07, 6.45) is 4.97. The van der Waals surface area contributed by atoms with Crippen LogP contribution in [-0.4, -0.2) is 40.6 Å². The van der Waals surface area contributed by atoms with E-state index in [1.807, 2.05) is 0 Å². The summed E-state index contributed by atoms with van der Waals surface area (Å²) in [5, 5.41) is 8.85. The molecular weight excluding hydrogens is 204 g/mol. The average molecular weight is 220 g/mol. The summed E-state index contributed by atoms with van der Waals surface area (Å²) in [4.78, 5) is 17.4. The molecule has 16 heavy (non-hydrogen) atoms. The number of rotatable bonds is 4. The molecule has 86 valence electrons. The van der Waals surface area contributed by atoms with Gasteiger partial charge in [-0.05, 0) is 38.1 Å². The SMILES string of the molecule is O=C(O)c1ccnc(CCN2CCCC2)c1. The number of carboxylic acids is 1. The molecule has 2 rings (SSSR count). The molecule has 4 heteroatoms. The van der Waals surface area contributed by atoms with Crippen LogP contribution in [0.5, 0.6) is 0 Å². The van der Waals surface area contributed by atoms with Crippen molar-refractivity contribution in [1.29, 1.82) is 0 Å². The Morgan fingerprint density at radius 1 is 1.44 bits per heavy atom. The van der Waals surface area contributed by atoms with E-state index in [1.165, 1.54) is 32.0 Å². The summed E-state index contributed by atoms with van der Waals surface area (Å²) in [7, 11) is 0. The van der Waals surface area contributed by atoms with Gasteiger partial charge in [-0.15, -0.1) is 0 Å². The van der Waals surface area contributed by atoms with Crippen molar-refractivity contribution < 1.29 is 9.90 Å². The molecule has 0 atom stereocenters. The van der Waals surface area contributed by atoms with Crippen LogP contribution in [0.25, 0.3) is 0 Å². The molecule has 0 aromatic carbocycles. The predicted molar refractivity (Wildman–Crippen MR) is 60.6 cm³/mol. The Hall–Kier alpha value is -1.42. The van der Waals surface area contributed by atoms with Crippen LogP contribution in [0.4, 0.5) is 0 Å². The fourth-order valence-electron chi connectivity index (χ4n) is 2.03. The van der Waals surface area contributed by atoms with Crippen molar-refractivity contribution in [3.63, 3.8) is 0 Å². The Labute approximate surface area is 94.9 Å². The highest BCUT2D eigenvalue weighted by Crippen LogP contribution is 2.09. The van der Waals surface area contributed by atoms with Gasteiger partial charge < -0.3 is 10.0 Å². The third-order valence-corrected chi connectivity index (χ3v) is 2.95.